The SMILES string of the molecule is COC(=O)C1CCNC(c2ccc(Cl)cc2F)C1. The van der Waals surface area contributed by atoms with Crippen molar-refractivity contribution < 1.29 is 13.9 Å². The Hall–Kier alpha value is -1.13. The molecule has 0 bridgehead atoms. The van der Waals surface area contributed by atoms with E-state index in [1.807, 2.05) is 0 Å². The highest BCUT2D eigenvalue weighted by Gasteiger charge is 2.29. The van der Waals surface area contributed by atoms with Gasteiger partial charge in [0.05, 0.1) is 13.0 Å². The summed E-state index contributed by atoms with van der Waals surface area (Å²) >= 11 is 5.72. The molecule has 0 radical (unpaired) electrons. The molecular formula is C13H15ClFNO2. The second-order valence-corrected chi connectivity index (χ2v) is 4.85. The third kappa shape index (κ3) is 2.82. The number of esters is 1. The standard InChI is InChI=1S/C13H15ClFNO2/c1-18-13(17)8-4-5-16-12(6-8)10-3-2-9(14)7-11(10)15/h2-3,7-8,12,16H,4-6H2,1H3. The van der Waals surface area contributed by atoms with Gasteiger partial charge < -0.3 is 10.1 Å². The lowest BCUT2D eigenvalue weighted by atomic mass is 9.88. The van der Waals surface area contributed by atoms with Gasteiger partial charge in [0.15, 0.2) is 0 Å². The second kappa shape index (κ2) is 5.67. The van der Waals surface area contributed by atoms with Crippen molar-refractivity contribution in [3.63, 3.8) is 0 Å². The number of ether oxygens (including phenoxy) is 1. The lowest BCUT2D eigenvalue weighted by Crippen LogP contribution is -2.35. The van der Waals surface area contributed by atoms with Gasteiger partial charge in [0, 0.05) is 16.6 Å². The molecule has 0 amide bonds. The molecule has 1 fully saturated rings. The van der Waals surface area contributed by atoms with E-state index in [1.54, 1.807) is 12.1 Å². The number of halogens is 2. The van der Waals surface area contributed by atoms with Crippen LogP contribution in [0.2, 0.25) is 5.02 Å². The van der Waals surface area contributed by atoms with E-state index in [-0.39, 0.29) is 23.7 Å². The van der Waals surface area contributed by atoms with E-state index in [0.29, 0.717) is 23.6 Å². The lowest BCUT2D eigenvalue weighted by molar-refractivity contribution is -0.146. The number of benzene rings is 1. The van der Waals surface area contributed by atoms with E-state index in [2.05, 4.69) is 5.32 Å². The average Bonchev–Trinajstić information content (AvgIpc) is 2.38. The van der Waals surface area contributed by atoms with E-state index in [1.165, 1.54) is 13.2 Å². The Morgan fingerprint density at radius 1 is 1.56 bits per heavy atom. The Morgan fingerprint density at radius 2 is 2.33 bits per heavy atom. The number of carbonyl (C=O) groups is 1. The predicted octanol–water partition coefficient (Wildman–Crippen LogP) is 2.69. The molecule has 1 aromatic carbocycles. The summed E-state index contributed by atoms with van der Waals surface area (Å²) in [6.45, 7) is 0.673. The maximum absolute atomic E-state index is 13.8. The Balaban J connectivity index is 2.15. The third-order valence-corrected chi connectivity index (χ3v) is 3.51. The van der Waals surface area contributed by atoms with Crippen LogP contribution >= 0.6 is 11.6 Å². The zero-order valence-electron chi connectivity index (χ0n) is 10.1. The van der Waals surface area contributed by atoms with Gasteiger partial charge in [0.25, 0.3) is 0 Å². The summed E-state index contributed by atoms with van der Waals surface area (Å²) < 4.78 is 18.5. The van der Waals surface area contributed by atoms with Gasteiger partial charge in [0.2, 0.25) is 0 Å². The highest BCUT2D eigenvalue weighted by molar-refractivity contribution is 6.30. The van der Waals surface area contributed by atoms with Crippen molar-refractivity contribution in [1.82, 2.24) is 5.32 Å². The monoisotopic (exact) mass is 271 g/mol. The zero-order valence-corrected chi connectivity index (χ0v) is 10.8. The Kier molecular flexibility index (Phi) is 4.19. The molecule has 1 aliphatic heterocycles. The Morgan fingerprint density at radius 3 is 3.00 bits per heavy atom. The molecule has 1 N–H and O–H groups in total. The summed E-state index contributed by atoms with van der Waals surface area (Å²) in [4.78, 5) is 11.5. The first-order chi connectivity index (χ1) is 8.61. The second-order valence-electron chi connectivity index (χ2n) is 4.42. The van der Waals surface area contributed by atoms with Gasteiger partial charge in [-0.15, -0.1) is 0 Å². The largest absolute Gasteiger partial charge is 0.469 e. The van der Waals surface area contributed by atoms with E-state index in [4.69, 9.17) is 16.3 Å². The molecule has 18 heavy (non-hydrogen) atoms. The van der Waals surface area contributed by atoms with Crippen LogP contribution < -0.4 is 5.32 Å². The molecule has 1 aromatic rings. The van der Waals surface area contributed by atoms with Gasteiger partial charge in [-0.3, -0.25) is 4.79 Å². The van der Waals surface area contributed by atoms with Crippen molar-refractivity contribution >= 4 is 17.6 Å². The number of hydrogen-bond donors (Lipinski definition) is 1. The normalized spacial score (nSPS) is 23.7. The third-order valence-electron chi connectivity index (χ3n) is 3.28. The van der Waals surface area contributed by atoms with Crippen molar-refractivity contribution in [3.8, 4) is 0 Å². The predicted molar refractivity (Wildman–Crippen MR) is 66.9 cm³/mol. The molecule has 98 valence electrons. The van der Waals surface area contributed by atoms with Crippen LogP contribution in [0.1, 0.15) is 24.4 Å². The van der Waals surface area contributed by atoms with Gasteiger partial charge in [-0.25, -0.2) is 4.39 Å². The molecule has 0 saturated carbocycles. The van der Waals surface area contributed by atoms with Crippen LogP contribution in [0, 0.1) is 11.7 Å². The minimum absolute atomic E-state index is 0.167. The molecule has 5 heteroatoms. The number of piperidine rings is 1. The molecule has 1 aliphatic rings. The first-order valence-corrected chi connectivity index (χ1v) is 6.25. The van der Waals surface area contributed by atoms with E-state index in [9.17, 15) is 9.18 Å². The number of hydrogen-bond acceptors (Lipinski definition) is 3. The summed E-state index contributed by atoms with van der Waals surface area (Å²) in [5, 5.41) is 3.59. The fourth-order valence-corrected chi connectivity index (χ4v) is 2.48. The molecule has 2 unspecified atom stereocenters. The van der Waals surface area contributed by atoms with Crippen LogP contribution in [0.25, 0.3) is 0 Å². The van der Waals surface area contributed by atoms with Crippen LogP contribution in [0.4, 0.5) is 4.39 Å². The first-order valence-electron chi connectivity index (χ1n) is 5.88. The summed E-state index contributed by atoms with van der Waals surface area (Å²) in [6, 6.07) is 4.44. The Bertz CT molecular complexity index is 453. The van der Waals surface area contributed by atoms with E-state index < -0.39 is 0 Å². The van der Waals surface area contributed by atoms with Gasteiger partial charge in [0.1, 0.15) is 5.82 Å². The topological polar surface area (TPSA) is 38.3 Å². The molecular weight excluding hydrogens is 257 g/mol. The molecule has 2 rings (SSSR count). The van der Waals surface area contributed by atoms with Crippen LogP contribution in [-0.4, -0.2) is 19.6 Å². The maximum atomic E-state index is 13.8. The molecule has 0 aliphatic carbocycles. The highest BCUT2D eigenvalue weighted by atomic mass is 35.5. The number of rotatable bonds is 2. The summed E-state index contributed by atoms with van der Waals surface area (Å²) in [5.41, 5.74) is 0.549. The highest BCUT2D eigenvalue weighted by Crippen LogP contribution is 2.30. The molecule has 1 heterocycles. The molecule has 2 atom stereocenters. The zero-order chi connectivity index (χ0) is 13.1. The van der Waals surface area contributed by atoms with Crippen LogP contribution in [0.5, 0.6) is 0 Å². The smallest absolute Gasteiger partial charge is 0.308 e. The number of nitrogens with one attached hydrogen (secondary N) is 1. The van der Waals surface area contributed by atoms with E-state index >= 15 is 0 Å². The molecule has 1 saturated heterocycles. The minimum atomic E-state index is -0.342. The van der Waals surface area contributed by atoms with Crippen molar-refractivity contribution in [3.05, 3.63) is 34.6 Å². The van der Waals surface area contributed by atoms with Gasteiger partial charge >= 0.3 is 5.97 Å². The van der Waals surface area contributed by atoms with Crippen molar-refractivity contribution in [2.45, 2.75) is 18.9 Å². The summed E-state index contributed by atoms with van der Waals surface area (Å²) in [7, 11) is 1.38. The van der Waals surface area contributed by atoms with E-state index in [0.717, 1.165) is 6.42 Å². The minimum Gasteiger partial charge on any atom is -0.469 e. The van der Waals surface area contributed by atoms with Gasteiger partial charge in [-0.1, -0.05) is 17.7 Å². The number of methoxy groups -OCH3 is 1. The molecule has 3 nitrogen and oxygen atoms in total. The van der Waals surface area contributed by atoms with Crippen LogP contribution in [0.15, 0.2) is 18.2 Å². The van der Waals surface area contributed by atoms with Crippen LogP contribution in [-0.2, 0) is 9.53 Å². The first kappa shape index (κ1) is 13.3. The summed E-state index contributed by atoms with van der Waals surface area (Å²) in [6.07, 6.45) is 1.27. The van der Waals surface area contributed by atoms with Crippen LogP contribution in [0.3, 0.4) is 0 Å². The Labute approximate surface area is 110 Å². The van der Waals surface area contributed by atoms with Crippen molar-refractivity contribution in [1.29, 1.82) is 0 Å². The van der Waals surface area contributed by atoms with Gasteiger partial charge in [-0.05, 0) is 31.5 Å². The van der Waals surface area contributed by atoms with Crippen molar-refractivity contribution in [2.75, 3.05) is 13.7 Å². The summed E-state index contributed by atoms with van der Waals surface area (Å²) in [5.74, 6) is -0.738. The fraction of sp³-hybridized carbons (Fsp3) is 0.462. The van der Waals surface area contributed by atoms with Gasteiger partial charge in [-0.2, -0.15) is 0 Å². The molecule has 0 spiro atoms. The quantitative estimate of drug-likeness (QED) is 0.841. The average molecular weight is 272 g/mol. The maximum Gasteiger partial charge on any atom is 0.308 e. The molecule has 0 aromatic heterocycles. The fourth-order valence-electron chi connectivity index (χ4n) is 2.32. The lowest BCUT2D eigenvalue weighted by Gasteiger charge is -2.29. The van der Waals surface area contributed by atoms with Crippen molar-refractivity contribution in [2.24, 2.45) is 5.92 Å². The number of carbonyl (C=O) groups excluding carboxylic acids is 1.